The van der Waals surface area contributed by atoms with Crippen LogP contribution in [0.2, 0.25) is 0 Å². The Morgan fingerprint density at radius 3 is 3.05 bits per heavy atom. The van der Waals surface area contributed by atoms with Crippen LogP contribution in [0.5, 0.6) is 5.88 Å². The lowest BCUT2D eigenvalue weighted by molar-refractivity contribution is -0.118. The van der Waals surface area contributed by atoms with Crippen molar-refractivity contribution in [3.05, 3.63) is 23.9 Å². The molecule has 1 N–H and O–H groups in total. The summed E-state index contributed by atoms with van der Waals surface area (Å²) in [4.78, 5) is 15.8. The molecule has 0 aromatic carbocycles. The Morgan fingerprint density at radius 2 is 2.38 bits per heavy atom. The molecule has 1 amide bonds. The number of carbonyl (C=O) groups is 1. The highest BCUT2D eigenvalue weighted by molar-refractivity contribution is 8.02. The molecule has 6 nitrogen and oxygen atoms in total. The lowest BCUT2D eigenvalue weighted by Crippen LogP contribution is -2.26. The van der Waals surface area contributed by atoms with E-state index in [1.807, 2.05) is 6.07 Å². The zero-order valence-corrected chi connectivity index (χ0v) is 13.4. The zero-order valence-electron chi connectivity index (χ0n) is 11.7. The molecule has 1 saturated heterocycles. The minimum atomic E-state index is -2.88. The van der Waals surface area contributed by atoms with Crippen molar-refractivity contribution < 1.29 is 17.9 Å². The van der Waals surface area contributed by atoms with Crippen LogP contribution in [-0.4, -0.2) is 48.9 Å². The minimum Gasteiger partial charge on any atom is -0.481 e. The number of hydrogen-bond acceptors (Lipinski definition) is 6. The van der Waals surface area contributed by atoms with Crippen LogP contribution >= 0.6 is 11.8 Å². The Morgan fingerprint density at radius 1 is 1.57 bits per heavy atom. The summed E-state index contributed by atoms with van der Waals surface area (Å²) in [6.45, 7) is 0.347. The number of sulfone groups is 1. The molecule has 1 aliphatic heterocycles. The quantitative estimate of drug-likeness (QED) is 0.823. The van der Waals surface area contributed by atoms with E-state index in [9.17, 15) is 13.2 Å². The van der Waals surface area contributed by atoms with Gasteiger partial charge in [0.25, 0.3) is 0 Å². The lowest BCUT2D eigenvalue weighted by Gasteiger charge is -2.10. The van der Waals surface area contributed by atoms with Crippen molar-refractivity contribution in [1.82, 2.24) is 10.3 Å². The smallest absolute Gasteiger partial charge is 0.230 e. The van der Waals surface area contributed by atoms with Crippen LogP contribution in [0.3, 0.4) is 0 Å². The summed E-state index contributed by atoms with van der Waals surface area (Å²) in [5.41, 5.74) is 0.807. The van der Waals surface area contributed by atoms with Crippen molar-refractivity contribution in [1.29, 1.82) is 0 Å². The van der Waals surface area contributed by atoms with Gasteiger partial charge >= 0.3 is 0 Å². The Balaban J connectivity index is 1.75. The second-order valence-corrected chi connectivity index (χ2v) is 8.30. The van der Waals surface area contributed by atoms with E-state index in [2.05, 4.69) is 10.3 Å². The fourth-order valence-corrected chi connectivity index (χ4v) is 5.55. The highest BCUT2D eigenvalue weighted by Crippen LogP contribution is 2.24. The summed E-state index contributed by atoms with van der Waals surface area (Å²) in [5.74, 6) is 1.06. The molecular formula is C13H18N2O4S2. The number of nitrogens with zero attached hydrogens (tertiary/aromatic N) is 1. The van der Waals surface area contributed by atoms with Gasteiger partial charge in [-0.15, -0.1) is 11.8 Å². The van der Waals surface area contributed by atoms with Crippen molar-refractivity contribution in [3.8, 4) is 5.88 Å². The number of carbonyl (C=O) groups excluding carboxylic acids is 1. The number of aromatic nitrogens is 1. The number of pyridine rings is 1. The predicted octanol–water partition coefficient (Wildman–Crippen LogP) is 0.627. The van der Waals surface area contributed by atoms with Gasteiger partial charge in [0.05, 0.1) is 24.4 Å². The molecular weight excluding hydrogens is 312 g/mol. The highest BCUT2D eigenvalue weighted by atomic mass is 32.2. The summed E-state index contributed by atoms with van der Waals surface area (Å²) >= 11 is 1.40. The lowest BCUT2D eigenvalue weighted by atomic mass is 10.2. The minimum absolute atomic E-state index is 0.0358. The van der Waals surface area contributed by atoms with E-state index >= 15 is 0 Å². The summed E-state index contributed by atoms with van der Waals surface area (Å²) in [6.07, 6.45) is 2.26. The maximum absolute atomic E-state index is 11.8. The number of thioether (sulfide) groups is 1. The first-order valence-electron chi connectivity index (χ1n) is 6.57. The van der Waals surface area contributed by atoms with Gasteiger partial charge in [0, 0.05) is 23.6 Å². The van der Waals surface area contributed by atoms with Crippen LogP contribution in [0.15, 0.2) is 18.3 Å². The summed E-state index contributed by atoms with van der Waals surface area (Å²) in [6, 6.07) is 3.62. The van der Waals surface area contributed by atoms with E-state index < -0.39 is 9.84 Å². The largest absolute Gasteiger partial charge is 0.481 e. The van der Waals surface area contributed by atoms with E-state index in [-0.39, 0.29) is 28.4 Å². The number of ether oxygens (including phenoxy) is 1. The third-order valence-electron chi connectivity index (χ3n) is 3.16. The Hall–Kier alpha value is -1.28. The third-order valence-corrected chi connectivity index (χ3v) is 6.44. The third kappa shape index (κ3) is 4.89. The maximum Gasteiger partial charge on any atom is 0.230 e. The molecule has 0 saturated carbocycles. The molecule has 2 rings (SSSR count). The van der Waals surface area contributed by atoms with Gasteiger partial charge in [0.15, 0.2) is 9.84 Å². The molecule has 1 aliphatic rings. The first-order chi connectivity index (χ1) is 10.00. The van der Waals surface area contributed by atoms with Crippen molar-refractivity contribution >= 4 is 27.5 Å². The fourth-order valence-electron chi connectivity index (χ4n) is 2.07. The van der Waals surface area contributed by atoms with Crippen LogP contribution < -0.4 is 10.1 Å². The molecule has 0 radical (unpaired) electrons. The summed E-state index contributed by atoms with van der Waals surface area (Å²) < 4.78 is 27.8. The molecule has 0 spiro atoms. The zero-order chi connectivity index (χ0) is 15.3. The number of hydrogen-bond donors (Lipinski definition) is 1. The van der Waals surface area contributed by atoms with Gasteiger partial charge in [-0.2, -0.15) is 0 Å². The Labute approximate surface area is 128 Å². The first-order valence-corrected chi connectivity index (χ1v) is 9.44. The average molecular weight is 330 g/mol. The molecule has 2 heterocycles. The standard InChI is InChI=1S/C13H18N2O4S2/c1-19-13-10(3-2-5-14-13)7-15-12(16)8-20-11-4-6-21(17,18)9-11/h2-3,5,11H,4,6-9H2,1H3,(H,15,16). The molecule has 1 unspecified atom stereocenters. The van der Waals surface area contributed by atoms with E-state index in [0.29, 0.717) is 18.8 Å². The van der Waals surface area contributed by atoms with Crippen LogP contribution in [0.4, 0.5) is 0 Å². The van der Waals surface area contributed by atoms with Gasteiger partial charge in [-0.3, -0.25) is 4.79 Å². The molecule has 21 heavy (non-hydrogen) atoms. The maximum atomic E-state index is 11.8. The van der Waals surface area contributed by atoms with E-state index in [0.717, 1.165) is 5.56 Å². The molecule has 1 aromatic heterocycles. The Kier molecular flexibility index (Phi) is 5.46. The number of rotatable bonds is 6. The molecule has 1 fully saturated rings. The van der Waals surface area contributed by atoms with Crippen molar-refractivity contribution in [2.75, 3.05) is 24.4 Å². The number of nitrogens with one attached hydrogen (secondary N) is 1. The second kappa shape index (κ2) is 7.13. The molecule has 1 aromatic rings. The van der Waals surface area contributed by atoms with E-state index in [1.165, 1.54) is 18.9 Å². The number of methoxy groups -OCH3 is 1. The molecule has 1 atom stereocenters. The van der Waals surface area contributed by atoms with Gasteiger partial charge in [-0.1, -0.05) is 6.07 Å². The van der Waals surface area contributed by atoms with Crippen LogP contribution in [0.1, 0.15) is 12.0 Å². The second-order valence-electron chi connectivity index (χ2n) is 4.78. The van der Waals surface area contributed by atoms with Crippen LogP contribution in [0.25, 0.3) is 0 Å². The van der Waals surface area contributed by atoms with Gasteiger partial charge in [0.1, 0.15) is 0 Å². The topological polar surface area (TPSA) is 85.4 Å². The summed E-state index contributed by atoms with van der Waals surface area (Å²) in [7, 11) is -1.35. The molecule has 0 bridgehead atoms. The van der Waals surface area contributed by atoms with Gasteiger partial charge < -0.3 is 10.1 Å². The molecule has 8 heteroatoms. The monoisotopic (exact) mass is 330 g/mol. The first kappa shape index (κ1) is 16.1. The predicted molar refractivity (Wildman–Crippen MR) is 82.2 cm³/mol. The van der Waals surface area contributed by atoms with Crippen molar-refractivity contribution in [2.45, 2.75) is 18.2 Å². The normalized spacial score (nSPS) is 20.1. The SMILES string of the molecule is COc1ncccc1CNC(=O)CSC1CCS(=O)(=O)C1. The van der Waals surface area contributed by atoms with Gasteiger partial charge in [-0.25, -0.2) is 13.4 Å². The molecule has 0 aliphatic carbocycles. The van der Waals surface area contributed by atoms with Crippen molar-refractivity contribution in [2.24, 2.45) is 0 Å². The Bertz CT molecular complexity index is 604. The van der Waals surface area contributed by atoms with Crippen LogP contribution in [0, 0.1) is 0 Å². The van der Waals surface area contributed by atoms with E-state index in [1.54, 1.807) is 12.3 Å². The fraction of sp³-hybridized carbons (Fsp3) is 0.538. The number of amides is 1. The van der Waals surface area contributed by atoms with E-state index in [4.69, 9.17) is 4.74 Å². The van der Waals surface area contributed by atoms with Gasteiger partial charge in [0.2, 0.25) is 11.8 Å². The highest BCUT2D eigenvalue weighted by Gasteiger charge is 2.28. The van der Waals surface area contributed by atoms with Crippen LogP contribution in [-0.2, 0) is 21.2 Å². The molecule has 116 valence electrons. The summed E-state index contributed by atoms with van der Waals surface area (Å²) in [5, 5.41) is 2.82. The van der Waals surface area contributed by atoms with Gasteiger partial charge in [-0.05, 0) is 12.5 Å². The average Bonchev–Trinajstić information content (AvgIpc) is 2.82. The van der Waals surface area contributed by atoms with Crippen molar-refractivity contribution in [3.63, 3.8) is 0 Å².